The van der Waals surface area contributed by atoms with Gasteiger partial charge in [-0.05, 0) is 87.7 Å². The molecule has 0 saturated carbocycles. The van der Waals surface area contributed by atoms with Crippen LogP contribution in [-0.4, -0.2) is 69.8 Å². The molecule has 2 N–H and O–H groups in total. The third-order valence-electron chi connectivity index (χ3n) is 8.98. The molecule has 200 valence electrons. The fourth-order valence-electron chi connectivity index (χ4n) is 7.35. The molecule has 7 heteroatoms. The van der Waals surface area contributed by atoms with Crippen molar-refractivity contribution in [3.8, 4) is 0 Å². The van der Waals surface area contributed by atoms with Crippen LogP contribution in [0.1, 0.15) is 61.1 Å². The standard InChI is InChI=1S/C31H39N5O2/c37-29(32-18-17-28-33-25-13-4-5-14-26(25)34-28)16-6-15-27-24-12-8-20-35-19-7-11-23(30(24)35)21-36(27)31(38)22-9-2-1-3-10-22/h1-5,9-10,13-14,23-24,27,30H,6-8,11-12,15-21H2,(H,32,37)(H,33,34)/t23-,24+,27+,30-/m0/s1. The van der Waals surface area contributed by atoms with Gasteiger partial charge in [0.05, 0.1) is 11.0 Å². The molecule has 0 radical (unpaired) electrons. The van der Waals surface area contributed by atoms with Gasteiger partial charge >= 0.3 is 0 Å². The number of para-hydroxylation sites is 2. The summed E-state index contributed by atoms with van der Waals surface area (Å²) in [6, 6.07) is 18.5. The summed E-state index contributed by atoms with van der Waals surface area (Å²) in [6.45, 7) is 3.82. The molecule has 3 aliphatic heterocycles. The van der Waals surface area contributed by atoms with Crippen LogP contribution < -0.4 is 5.32 Å². The number of rotatable bonds is 8. The fourth-order valence-corrected chi connectivity index (χ4v) is 7.35. The number of carbonyl (C=O) groups is 2. The van der Waals surface area contributed by atoms with Crippen LogP contribution in [0.15, 0.2) is 54.6 Å². The Labute approximate surface area is 225 Å². The van der Waals surface area contributed by atoms with Crippen molar-refractivity contribution in [3.63, 3.8) is 0 Å². The van der Waals surface area contributed by atoms with E-state index in [9.17, 15) is 9.59 Å². The maximum absolute atomic E-state index is 13.7. The van der Waals surface area contributed by atoms with E-state index in [-0.39, 0.29) is 17.9 Å². The number of carbonyl (C=O) groups excluding carboxylic acids is 2. The number of piperidine rings is 3. The second-order valence-corrected chi connectivity index (χ2v) is 11.3. The van der Waals surface area contributed by atoms with Gasteiger partial charge in [-0.25, -0.2) is 4.98 Å². The molecule has 4 heterocycles. The number of benzene rings is 2. The molecule has 0 bridgehead atoms. The highest BCUT2D eigenvalue weighted by molar-refractivity contribution is 5.94. The van der Waals surface area contributed by atoms with Gasteiger partial charge in [0, 0.05) is 43.6 Å². The molecule has 3 saturated heterocycles. The number of hydrogen-bond donors (Lipinski definition) is 2. The van der Waals surface area contributed by atoms with Crippen LogP contribution in [0.4, 0.5) is 0 Å². The molecule has 7 nitrogen and oxygen atoms in total. The van der Waals surface area contributed by atoms with Crippen molar-refractivity contribution in [3.05, 3.63) is 66.0 Å². The topological polar surface area (TPSA) is 81.3 Å². The maximum Gasteiger partial charge on any atom is 0.254 e. The van der Waals surface area contributed by atoms with E-state index in [2.05, 4.69) is 25.1 Å². The zero-order valence-corrected chi connectivity index (χ0v) is 22.1. The van der Waals surface area contributed by atoms with E-state index in [1.807, 2.05) is 54.6 Å². The van der Waals surface area contributed by atoms with E-state index in [1.54, 1.807) is 0 Å². The summed E-state index contributed by atoms with van der Waals surface area (Å²) < 4.78 is 0. The van der Waals surface area contributed by atoms with Gasteiger partial charge in [-0.15, -0.1) is 0 Å². The summed E-state index contributed by atoms with van der Waals surface area (Å²) in [5, 5.41) is 3.07. The highest BCUT2D eigenvalue weighted by Gasteiger charge is 2.49. The molecule has 2 aromatic carbocycles. The van der Waals surface area contributed by atoms with Crippen molar-refractivity contribution in [1.29, 1.82) is 0 Å². The molecule has 3 aromatic rings. The average Bonchev–Trinajstić information content (AvgIpc) is 3.37. The Morgan fingerprint density at radius 1 is 1.00 bits per heavy atom. The van der Waals surface area contributed by atoms with Gasteiger partial charge < -0.3 is 15.2 Å². The average molecular weight is 514 g/mol. The number of aromatic amines is 1. The van der Waals surface area contributed by atoms with Gasteiger partial charge in [-0.2, -0.15) is 0 Å². The van der Waals surface area contributed by atoms with Crippen LogP contribution in [0.25, 0.3) is 11.0 Å². The summed E-state index contributed by atoms with van der Waals surface area (Å²) in [6.07, 6.45) is 7.71. The van der Waals surface area contributed by atoms with Crippen LogP contribution >= 0.6 is 0 Å². The van der Waals surface area contributed by atoms with Gasteiger partial charge in [0.15, 0.2) is 0 Å². The quantitative estimate of drug-likeness (QED) is 0.468. The molecule has 2 amide bonds. The number of nitrogens with one attached hydrogen (secondary N) is 2. The number of likely N-dealkylation sites (tertiary alicyclic amines) is 1. The highest BCUT2D eigenvalue weighted by atomic mass is 16.2. The molecule has 0 spiro atoms. The Hall–Kier alpha value is -3.19. The minimum absolute atomic E-state index is 0.0821. The first kappa shape index (κ1) is 25.1. The van der Waals surface area contributed by atoms with E-state index >= 15 is 0 Å². The molecule has 0 aliphatic carbocycles. The lowest BCUT2D eigenvalue weighted by Crippen LogP contribution is -2.65. The third-order valence-corrected chi connectivity index (χ3v) is 8.98. The van der Waals surface area contributed by atoms with Gasteiger partial charge in [0.25, 0.3) is 5.91 Å². The van der Waals surface area contributed by atoms with Gasteiger partial charge in [-0.1, -0.05) is 30.3 Å². The number of fused-ring (bicyclic) bond motifs is 1. The summed E-state index contributed by atoms with van der Waals surface area (Å²) in [4.78, 5) is 39.2. The minimum atomic E-state index is 0.0821. The van der Waals surface area contributed by atoms with Crippen molar-refractivity contribution in [2.45, 2.75) is 63.5 Å². The number of hydrogen-bond acceptors (Lipinski definition) is 4. The third kappa shape index (κ3) is 5.21. The molecule has 0 unspecified atom stereocenters. The van der Waals surface area contributed by atoms with Crippen molar-refractivity contribution in [2.75, 3.05) is 26.2 Å². The lowest BCUT2D eigenvalue weighted by molar-refractivity contribution is -0.121. The second-order valence-electron chi connectivity index (χ2n) is 11.3. The zero-order chi connectivity index (χ0) is 25.9. The molecular formula is C31H39N5O2. The summed E-state index contributed by atoms with van der Waals surface area (Å²) in [5.74, 6) is 2.21. The smallest absolute Gasteiger partial charge is 0.254 e. The lowest BCUT2D eigenvalue weighted by atomic mass is 9.69. The molecular weight excluding hydrogens is 474 g/mol. The van der Waals surface area contributed by atoms with E-state index in [1.165, 1.54) is 38.8 Å². The molecule has 38 heavy (non-hydrogen) atoms. The predicted molar refractivity (Wildman–Crippen MR) is 149 cm³/mol. The van der Waals surface area contributed by atoms with Gasteiger partial charge in [0.2, 0.25) is 5.91 Å². The Kier molecular flexibility index (Phi) is 7.45. The number of amides is 2. The Bertz CT molecular complexity index is 1220. The molecule has 1 aromatic heterocycles. The van der Waals surface area contributed by atoms with Crippen molar-refractivity contribution < 1.29 is 9.59 Å². The van der Waals surface area contributed by atoms with Crippen LogP contribution in [0.5, 0.6) is 0 Å². The number of H-pyrrole nitrogens is 1. The number of aromatic nitrogens is 2. The summed E-state index contributed by atoms with van der Waals surface area (Å²) in [5.41, 5.74) is 2.76. The largest absolute Gasteiger partial charge is 0.356 e. The van der Waals surface area contributed by atoms with Gasteiger partial charge in [-0.3, -0.25) is 14.5 Å². The Balaban J connectivity index is 1.07. The first-order valence-corrected chi connectivity index (χ1v) is 14.5. The van der Waals surface area contributed by atoms with E-state index in [0.717, 1.165) is 41.8 Å². The van der Waals surface area contributed by atoms with Gasteiger partial charge in [0.1, 0.15) is 5.82 Å². The van der Waals surface area contributed by atoms with E-state index < -0.39 is 0 Å². The normalized spacial score (nSPS) is 25.2. The lowest BCUT2D eigenvalue weighted by Gasteiger charge is -2.57. The summed E-state index contributed by atoms with van der Waals surface area (Å²) in [7, 11) is 0. The van der Waals surface area contributed by atoms with Crippen molar-refractivity contribution in [2.24, 2.45) is 11.8 Å². The SMILES string of the molecule is O=C(CCC[C@@H]1[C@H]2CCCN3CCC[C@@H](CN1C(=O)c1ccccc1)[C@@H]23)NCCc1nc2ccccc2[nH]1. The van der Waals surface area contributed by atoms with Crippen LogP contribution in [-0.2, 0) is 11.2 Å². The Morgan fingerprint density at radius 3 is 2.63 bits per heavy atom. The van der Waals surface area contributed by atoms with Crippen LogP contribution in [0, 0.1) is 11.8 Å². The monoisotopic (exact) mass is 513 g/mol. The minimum Gasteiger partial charge on any atom is -0.356 e. The van der Waals surface area contributed by atoms with Crippen molar-refractivity contribution >= 4 is 22.8 Å². The molecule has 4 atom stereocenters. The Morgan fingerprint density at radius 2 is 1.79 bits per heavy atom. The number of nitrogens with zero attached hydrogens (tertiary/aromatic N) is 3. The molecule has 3 fully saturated rings. The van der Waals surface area contributed by atoms with Crippen LogP contribution in [0.3, 0.4) is 0 Å². The molecule has 3 aliphatic rings. The first-order chi connectivity index (χ1) is 18.7. The number of imidazole rings is 1. The molecule has 6 rings (SSSR count). The maximum atomic E-state index is 13.7. The predicted octanol–water partition coefficient (Wildman–Crippen LogP) is 4.41. The van der Waals surface area contributed by atoms with E-state index in [4.69, 9.17) is 0 Å². The fraction of sp³-hybridized carbons (Fsp3) is 0.516. The highest BCUT2D eigenvalue weighted by Crippen LogP contribution is 2.43. The first-order valence-electron chi connectivity index (χ1n) is 14.5. The van der Waals surface area contributed by atoms with Crippen LogP contribution in [0.2, 0.25) is 0 Å². The van der Waals surface area contributed by atoms with Crippen molar-refractivity contribution in [1.82, 2.24) is 25.1 Å². The van der Waals surface area contributed by atoms with E-state index in [0.29, 0.717) is 37.3 Å². The summed E-state index contributed by atoms with van der Waals surface area (Å²) >= 11 is 0. The second kappa shape index (κ2) is 11.3. The zero-order valence-electron chi connectivity index (χ0n) is 22.1.